The Hall–Kier alpha value is -4.34. The van der Waals surface area contributed by atoms with Crippen molar-refractivity contribution in [3.05, 3.63) is 87.5 Å². The molecule has 1 aromatic heterocycles. The van der Waals surface area contributed by atoms with Crippen molar-refractivity contribution in [3.63, 3.8) is 0 Å². The molecule has 9 nitrogen and oxygen atoms in total. The third-order valence-corrected chi connectivity index (χ3v) is 4.51. The highest BCUT2D eigenvalue weighted by Crippen LogP contribution is 2.25. The van der Waals surface area contributed by atoms with Gasteiger partial charge < -0.3 is 10.1 Å². The second kappa shape index (κ2) is 9.65. The Balaban J connectivity index is 1.62. The Morgan fingerprint density at radius 3 is 2.62 bits per heavy atom. The minimum absolute atomic E-state index is 0.201. The van der Waals surface area contributed by atoms with Gasteiger partial charge in [0.2, 0.25) is 0 Å². The number of nitro benzene ring substituents is 1. The number of hydrogen-bond donors (Lipinski definition) is 1. The molecule has 0 spiro atoms. The number of benzene rings is 2. The van der Waals surface area contributed by atoms with E-state index >= 15 is 0 Å². The Morgan fingerprint density at radius 2 is 1.94 bits per heavy atom. The number of esters is 1. The summed E-state index contributed by atoms with van der Waals surface area (Å²) in [5.74, 6) is -2.39. The molecule has 0 aliphatic heterocycles. The van der Waals surface area contributed by atoms with Gasteiger partial charge in [-0.25, -0.2) is 13.9 Å². The predicted molar refractivity (Wildman–Crippen MR) is 115 cm³/mol. The summed E-state index contributed by atoms with van der Waals surface area (Å²) in [5.41, 5.74) is 2.33. The number of nitrogens with one attached hydrogen (secondary N) is 1. The van der Waals surface area contributed by atoms with Crippen molar-refractivity contribution in [2.75, 3.05) is 11.9 Å². The molecule has 0 fully saturated rings. The van der Waals surface area contributed by atoms with Crippen LogP contribution in [-0.4, -0.2) is 33.2 Å². The minimum Gasteiger partial charge on any atom is -0.452 e. The fraction of sp³-hybridized carbons (Fsp3) is 0.136. The predicted octanol–water partition coefficient (Wildman–Crippen LogP) is 3.73. The molecule has 0 unspecified atom stereocenters. The van der Waals surface area contributed by atoms with E-state index in [1.807, 2.05) is 37.3 Å². The quantitative estimate of drug-likeness (QED) is 0.260. The molecule has 3 rings (SSSR count). The maximum absolute atomic E-state index is 13.2. The van der Waals surface area contributed by atoms with Gasteiger partial charge in [0, 0.05) is 17.3 Å². The summed E-state index contributed by atoms with van der Waals surface area (Å²) in [4.78, 5) is 34.1. The first-order valence-corrected chi connectivity index (χ1v) is 9.46. The van der Waals surface area contributed by atoms with E-state index in [0.717, 1.165) is 29.1 Å². The second-order valence-corrected chi connectivity index (χ2v) is 6.74. The average molecular weight is 438 g/mol. The summed E-state index contributed by atoms with van der Waals surface area (Å²) < 4.78 is 19.8. The summed E-state index contributed by atoms with van der Waals surface area (Å²) >= 11 is 0. The molecule has 0 radical (unpaired) electrons. The lowest BCUT2D eigenvalue weighted by molar-refractivity contribution is -0.384. The standard InChI is InChI=1S/C22H19FN4O5/c1-14-18(15(2)26(25-14)17-6-4-3-5-7-17)9-11-22(29)32-13-21(28)24-19-10-8-16(23)12-20(19)27(30)31/h3-12H,13H2,1-2H3,(H,24,28)/b11-9+. The first kappa shape index (κ1) is 22.3. The Kier molecular flexibility index (Phi) is 6.74. The van der Waals surface area contributed by atoms with Crippen LogP contribution in [0.1, 0.15) is 17.0 Å². The maximum Gasteiger partial charge on any atom is 0.331 e. The SMILES string of the molecule is Cc1nn(-c2ccccc2)c(C)c1/C=C/C(=O)OCC(=O)Nc1ccc(F)cc1[N+](=O)[O-]. The number of halogens is 1. The minimum atomic E-state index is -0.826. The molecule has 0 bridgehead atoms. The number of carbonyl (C=O) groups is 2. The van der Waals surface area contributed by atoms with Crippen molar-refractivity contribution >= 4 is 29.3 Å². The van der Waals surface area contributed by atoms with Gasteiger partial charge in [-0.3, -0.25) is 14.9 Å². The molecule has 164 valence electrons. The van der Waals surface area contributed by atoms with Gasteiger partial charge in [-0.15, -0.1) is 0 Å². The highest BCUT2D eigenvalue weighted by Gasteiger charge is 2.17. The number of nitro groups is 1. The summed E-state index contributed by atoms with van der Waals surface area (Å²) in [6.07, 6.45) is 2.71. The Bertz CT molecular complexity index is 1200. The van der Waals surface area contributed by atoms with Crippen molar-refractivity contribution in [2.24, 2.45) is 0 Å². The van der Waals surface area contributed by atoms with E-state index in [4.69, 9.17) is 4.74 Å². The highest BCUT2D eigenvalue weighted by molar-refractivity contribution is 5.96. The van der Waals surface area contributed by atoms with Gasteiger partial charge in [-0.1, -0.05) is 18.2 Å². The number of ether oxygens (including phenoxy) is 1. The lowest BCUT2D eigenvalue weighted by atomic mass is 10.2. The monoisotopic (exact) mass is 438 g/mol. The highest BCUT2D eigenvalue weighted by atomic mass is 19.1. The van der Waals surface area contributed by atoms with E-state index < -0.39 is 34.9 Å². The first-order chi connectivity index (χ1) is 15.3. The first-order valence-electron chi connectivity index (χ1n) is 9.46. The van der Waals surface area contributed by atoms with Gasteiger partial charge in [-0.05, 0) is 44.2 Å². The van der Waals surface area contributed by atoms with Gasteiger partial charge in [0.05, 0.1) is 22.4 Å². The van der Waals surface area contributed by atoms with E-state index in [1.54, 1.807) is 17.7 Å². The van der Waals surface area contributed by atoms with Crippen LogP contribution in [0.4, 0.5) is 15.8 Å². The number of hydrogen-bond acceptors (Lipinski definition) is 6. The van der Waals surface area contributed by atoms with Gasteiger partial charge >= 0.3 is 5.97 Å². The molecule has 0 atom stereocenters. The zero-order valence-corrected chi connectivity index (χ0v) is 17.2. The maximum atomic E-state index is 13.2. The largest absolute Gasteiger partial charge is 0.452 e. The van der Waals surface area contributed by atoms with E-state index in [9.17, 15) is 24.1 Å². The molecule has 2 aromatic carbocycles. The third kappa shape index (κ3) is 5.22. The number of aromatic nitrogens is 2. The molecule has 1 amide bonds. The number of anilines is 1. The molecular weight excluding hydrogens is 419 g/mol. The van der Waals surface area contributed by atoms with Crippen LogP contribution in [0.3, 0.4) is 0 Å². The van der Waals surface area contributed by atoms with Crippen molar-refractivity contribution in [2.45, 2.75) is 13.8 Å². The molecule has 1 heterocycles. The van der Waals surface area contributed by atoms with Gasteiger partial charge in [-0.2, -0.15) is 5.10 Å². The number of aryl methyl sites for hydroxylation is 1. The van der Waals surface area contributed by atoms with Crippen LogP contribution in [0.5, 0.6) is 0 Å². The summed E-state index contributed by atoms with van der Waals surface area (Å²) in [6, 6.07) is 12.2. The van der Waals surface area contributed by atoms with Crippen LogP contribution in [0.15, 0.2) is 54.6 Å². The topological polar surface area (TPSA) is 116 Å². The Labute approximate surface area is 182 Å². The van der Waals surface area contributed by atoms with E-state index in [2.05, 4.69) is 10.4 Å². The molecule has 0 saturated carbocycles. The van der Waals surface area contributed by atoms with Crippen LogP contribution in [-0.2, 0) is 14.3 Å². The number of amides is 1. The fourth-order valence-corrected chi connectivity index (χ4v) is 3.00. The normalized spacial score (nSPS) is 10.8. The van der Waals surface area contributed by atoms with Crippen LogP contribution in [0.2, 0.25) is 0 Å². The fourth-order valence-electron chi connectivity index (χ4n) is 3.00. The second-order valence-electron chi connectivity index (χ2n) is 6.74. The average Bonchev–Trinajstić information content (AvgIpc) is 3.05. The van der Waals surface area contributed by atoms with Crippen molar-refractivity contribution in [1.29, 1.82) is 0 Å². The van der Waals surface area contributed by atoms with Crippen molar-refractivity contribution in [3.8, 4) is 5.69 Å². The smallest absolute Gasteiger partial charge is 0.331 e. The zero-order chi connectivity index (χ0) is 23.3. The number of nitrogens with zero attached hydrogens (tertiary/aromatic N) is 3. The number of para-hydroxylation sites is 1. The summed E-state index contributed by atoms with van der Waals surface area (Å²) in [7, 11) is 0. The van der Waals surface area contributed by atoms with Crippen molar-refractivity contribution in [1.82, 2.24) is 9.78 Å². The van der Waals surface area contributed by atoms with Gasteiger partial charge in [0.1, 0.15) is 11.5 Å². The molecule has 0 saturated heterocycles. The molecule has 0 aliphatic rings. The lowest BCUT2D eigenvalue weighted by Gasteiger charge is -2.06. The molecule has 1 N–H and O–H groups in total. The van der Waals surface area contributed by atoms with Crippen LogP contribution >= 0.6 is 0 Å². The van der Waals surface area contributed by atoms with Crippen LogP contribution in [0.25, 0.3) is 11.8 Å². The third-order valence-electron chi connectivity index (χ3n) is 4.51. The van der Waals surface area contributed by atoms with Crippen LogP contribution < -0.4 is 5.32 Å². The number of rotatable bonds is 7. The molecule has 10 heteroatoms. The lowest BCUT2D eigenvalue weighted by Crippen LogP contribution is -2.20. The van der Waals surface area contributed by atoms with Gasteiger partial charge in [0.15, 0.2) is 6.61 Å². The summed E-state index contributed by atoms with van der Waals surface area (Å²) in [5, 5.41) is 17.7. The summed E-state index contributed by atoms with van der Waals surface area (Å²) in [6.45, 7) is 3.00. The molecule has 0 aliphatic carbocycles. The molecular formula is C22H19FN4O5. The number of carbonyl (C=O) groups excluding carboxylic acids is 2. The van der Waals surface area contributed by atoms with E-state index in [1.165, 1.54) is 6.08 Å². The van der Waals surface area contributed by atoms with Crippen LogP contribution in [0, 0.1) is 29.8 Å². The van der Waals surface area contributed by atoms with E-state index in [0.29, 0.717) is 11.8 Å². The van der Waals surface area contributed by atoms with E-state index in [-0.39, 0.29) is 5.69 Å². The molecule has 3 aromatic rings. The van der Waals surface area contributed by atoms with Gasteiger partial charge in [0.25, 0.3) is 11.6 Å². The molecule has 32 heavy (non-hydrogen) atoms. The zero-order valence-electron chi connectivity index (χ0n) is 17.2. The van der Waals surface area contributed by atoms with Crippen molar-refractivity contribution < 1.29 is 23.6 Å². The Morgan fingerprint density at radius 1 is 1.22 bits per heavy atom.